The van der Waals surface area contributed by atoms with Crippen LogP contribution in [0.1, 0.15) is 64.1 Å². The molecule has 1 aromatic heterocycles. The van der Waals surface area contributed by atoms with Crippen molar-refractivity contribution in [2.75, 3.05) is 5.75 Å². The Kier molecular flexibility index (Phi) is 4.96. The van der Waals surface area contributed by atoms with E-state index in [0.29, 0.717) is 5.69 Å². The highest BCUT2D eigenvalue weighted by molar-refractivity contribution is 8.00. The molecule has 128 valence electrons. The summed E-state index contributed by atoms with van der Waals surface area (Å²) in [5, 5.41) is 21.7. The van der Waals surface area contributed by atoms with Gasteiger partial charge < -0.3 is 10.4 Å². The number of thioether (sulfide) groups is 1. The minimum atomic E-state index is -0.994. The maximum absolute atomic E-state index is 12.4. The van der Waals surface area contributed by atoms with Crippen LogP contribution in [-0.2, 0) is 10.4 Å². The number of nitrogens with zero attached hydrogens (tertiary/aromatic N) is 3. The number of hydrogen-bond acceptors (Lipinski definition) is 5. The summed E-state index contributed by atoms with van der Waals surface area (Å²) in [5.74, 6) is 1.26. The van der Waals surface area contributed by atoms with Gasteiger partial charge in [-0.1, -0.05) is 18.1 Å². The molecule has 2 heterocycles. The molecule has 0 spiro atoms. The first-order chi connectivity index (χ1) is 10.9. The summed E-state index contributed by atoms with van der Waals surface area (Å²) < 4.78 is 1.83. The number of rotatable bonds is 4. The molecule has 1 aliphatic carbocycles. The molecule has 0 aromatic carbocycles. The standard InChI is InChI=1S/C16H26N4O2S/c1-16(2,22)14-10-20(19-18-14)12-7-4-3-6-11(12)17-15(21)13-8-5-9-23-13/h10-13,22H,3-9H2,1-2H3,(H,17,21)/t11-,12+,13-/m0/s1. The minimum absolute atomic E-state index is 0.105. The maximum Gasteiger partial charge on any atom is 0.233 e. The fraction of sp³-hybridized carbons (Fsp3) is 0.812. The molecular formula is C16H26N4O2S. The third-order valence-corrected chi connectivity index (χ3v) is 6.13. The molecule has 0 bridgehead atoms. The fourth-order valence-corrected chi connectivity index (χ4v) is 4.55. The lowest BCUT2D eigenvalue weighted by Gasteiger charge is -2.32. The normalized spacial score (nSPS) is 28.7. The lowest BCUT2D eigenvalue weighted by atomic mass is 9.90. The largest absolute Gasteiger partial charge is 0.384 e. The number of amides is 1. The van der Waals surface area contributed by atoms with Gasteiger partial charge in [0.1, 0.15) is 11.3 Å². The van der Waals surface area contributed by atoms with Crippen LogP contribution >= 0.6 is 11.8 Å². The van der Waals surface area contributed by atoms with Gasteiger partial charge in [0.05, 0.1) is 23.5 Å². The summed E-state index contributed by atoms with van der Waals surface area (Å²) in [6.45, 7) is 3.41. The van der Waals surface area contributed by atoms with Crippen LogP contribution in [0.15, 0.2) is 6.20 Å². The van der Waals surface area contributed by atoms with Crippen LogP contribution in [0.5, 0.6) is 0 Å². The first kappa shape index (κ1) is 16.8. The first-order valence-electron chi connectivity index (χ1n) is 8.52. The molecule has 23 heavy (non-hydrogen) atoms. The Morgan fingerprint density at radius 3 is 2.78 bits per heavy atom. The van der Waals surface area contributed by atoms with E-state index in [9.17, 15) is 9.90 Å². The zero-order chi connectivity index (χ0) is 16.4. The van der Waals surface area contributed by atoms with E-state index in [0.717, 1.165) is 44.3 Å². The quantitative estimate of drug-likeness (QED) is 0.878. The van der Waals surface area contributed by atoms with Gasteiger partial charge in [-0.25, -0.2) is 4.68 Å². The van der Waals surface area contributed by atoms with Crippen LogP contribution < -0.4 is 5.32 Å². The van der Waals surface area contributed by atoms with Crippen LogP contribution in [-0.4, -0.2) is 43.1 Å². The van der Waals surface area contributed by atoms with Crippen LogP contribution in [0.25, 0.3) is 0 Å². The van der Waals surface area contributed by atoms with E-state index in [-0.39, 0.29) is 23.2 Å². The Balaban J connectivity index is 1.71. The Labute approximate surface area is 141 Å². The van der Waals surface area contributed by atoms with Crippen molar-refractivity contribution < 1.29 is 9.90 Å². The summed E-state index contributed by atoms with van der Waals surface area (Å²) >= 11 is 1.76. The van der Waals surface area contributed by atoms with Crippen LogP contribution in [0.2, 0.25) is 0 Å². The number of nitrogens with one attached hydrogen (secondary N) is 1. The van der Waals surface area contributed by atoms with Gasteiger partial charge in [-0.15, -0.1) is 16.9 Å². The van der Waals surface area contributed by atoms with Gasteiger partial charge in [0, 0.05) is 0 Å². The van der Waals surface area contributed by atoms with E-state index in [4.69, 9.17) is 0 Å². The third-order valence-electron chi connectivity index (χ3n) is 4.76. The lowest BCUT2D eigenvalue weighted by molar-refractivity contribution is -0.121. The van der Waals surface area contributed by atoms with E-state index in [2.05, 4.69) is 15.6 Å². The molecule has 2 fully saturated rings. The van der Waals surface area contributed by atoms with Crippen LogP contribution in [0.3, 0.4) is 0 Å². The Hall–Kier alpha value is -1.08. The van der Waals surface area contributed by atoms with E-state index < -0.39 is 5.60 Å². The molecule has 1 amide bonds. The van der Waals surface area contributed by atoms with Crippen molar-refractivity contribution in [1.82, 2.24) is 20.3 Å². The average molecular weight is 338 g/mol. The summed E-state index contributed by atoms with van der Waals surface area (Å²) in [7, 11) is 0. The number of carbonyl (C=O) groups is 1. The van der Waals surface area contributed by atoms with Gasteiger partial charge in [-0.05, 0) is 45.3 Å². The van der Waals surface area contributed by atoms with Crippen molar-refractivity contribution in [3.63, 3.8) is 0 Å². The van der Waals surface area contributed by atoms with Crippen molar-refractivity contribution in [3.05, 3.63) is 11.9 Å². The Morgan fingerprint density at radius 1 is 1.35 bits per heavy atom. The van der Waals surface area contributed by atoms with E-state index in [1.807, 2.05) is 10.9 Å². The topological polar surface area (TPSA) is 80.0 Å². The predicted molar refractivity (Wildman–Crippen MR) is 90.2 cm³/mol. The molecule has 1 aliphatic heterocycles. The minimum Gasteiger partial charge on any atom is -0.384 e. The fourth-order valence-electron chi connectivity index (χ4n) is 3.38. The van der Waals surface area contributed by atoms with Gasteiger partial charge in [-0.3, -0.25) is 4.79 Å². The molecule has 2 N–H and O–H groups in total. The van der Waals surface area contributed by atoms with E-state index in [1.165, 1.54) is 0 Å². The third kappa shape index (κ3) is 3.88. The van der Waals surface area contributed by atoms with Gasteiger partial charge in [0.2, 0.25) is 5.91 Å². The van der Waals surface area contributed by atoms with Crippen molar-refractivity contribution in [3.8, 4) is 0 Å². The Bertz CT molecular complexity index is 549. The molecule has 7 heteroatoms. The molecule has 0 unspecified atom stereocenters. The lowest BCUT2D eigenvalue weighted by Crippen LogP contribution is -2.46. The van der Waals surface area contributed by atoms with Gasteiger partial charge >= 0.3 is 0 Å². The first-order valence-corrected chi connectivity index (χ1v) is 9.56. The summed E-state index contributed by atoms with van der Waals surface area (Å²) in [6, 6.07) is 0.233. The second kappa shape index (κ2) is 6.81. The number of hydrogen-bond donors (Lipinski definition) is 2. The predicted octanol–water partition coefficient (Wildman–Crippen LogP) is 2.00. The van der Waals surface area contributed by atoms with Gasteiger partial charge in [0.15, 0.2) is 0 Å². The highest BCUT2D eigenvalue weighted by Gasteiger charge is 2.33. The molecule has 1 aromatic rings. The summed E-state index contributed by atoms with van der Waals surface area (Å²) in [6.07, 6.45) is 8.16. The molecule has 3 atom stereocenters. The van der Waals surface area contributed by atoms with Crippen LogP contribution in [0.4, 0.5) is 0 Å². The average Bonchev–Trinajstić information content (AvgIpc) is 3.19. The van der Waals surface area contributed by atoms with Crippen LogP contribution in [0, 0.1) is 0 Å². The van der Waals surface area contributed by atoms with Crippen molar-refractivity contribution in [2.45, 2.75) is 75.3 Å². The molecule has 2 aliphatic rings. The molecule has 1 saturated heterocycles. The SMILES string of the molecule is CC(C)(O)c1cn([C@@H]2CCCC[C@@H]2NC(=O)[C@@H]2CCCS2)nn1. The van der Waals surface area contributed by atoms with Crippen molar-refractivity contribution >= 4 is 17.7 Å². The highest BCUT2D eigenvalue weighted by Crippen LogP contribution is 2.31. The maximum atomic E-state index is 12.4. The monoisotopic (exact) mass is 338 g/mol. The number of aromatic nitrogens is 3. The van der Waals surface area contributed by atoms with E-state index in [1.54, 1.807) is 25.6 Å². The smallest absolute Gasteiger partial charge is 0.233 e. The molecule has 3 rings (SSSR count). The summed E-state index contributed by atoms with van der Waals surface area (Å²) in [5.41, 5.74) is -0.425. The Morgan fingerprint density at radius 2 is 2.13 bits per heavy atom. The second-order valence-electron chi connectivity index (χ2n) is 7.11. The second-order valence-corrected chi connectivity index (χ2v) is 8.42. The van der Waals surface area contributed by atoms with Gasteiger partial charge in [-0.2, -0.15) is 0 Å². The van der Waals surface area contributed by atoms with Crippen molar-refractivity contribution in [1.29, 1.82) is 0 Å². The van der Waals surface area contributed by atoms with E-state index >= 15 is 0 Å². The number of aliphatic hydroxyl groups is 1. The molecule has 1 saturated carbocycles. The molecular weight excluding hydrogens is 312 g/mol. The highest BCUT2D eigenvalue weighted by atomic mass is 32.2. The number of carbonyl (C=O) groups excluding carboxylic acids is 1. The van der Waals surface area contributed by atoms with Gasteiger partial charge in [0.25, 0.3) is 0 Å². The van der Waals surface area contributed by atoms with Crippen molar-refractivity contribution in [2.24, 2.45) is 0 Å². The zero-order valence-corrected chi connectivity index (χ0v) is 14.7. The molecule has 6 nitrogen and oxygen atoms in total. The summed E-state index contributed by atoms with van der Waals surface area (Å²) in [4.78, 5) is 12.4. The zero-order valence-electron chi connectivity index (χ0n) is 13.9. The molecule has 0 radical (unpaired) electrons.